The van der Waals surface area contributed by atoms with Gasteiger partial charge in [0.15, 0.2) is 11.2 Å². The zero-order chi connectivity index (χ0) is 11.0. The number of rotatable bonds is 1. The van der Waals surface area contributed by atoms with Crippen LogP contribution in [0.4, 0.5) is 5.95 Å². The molecular formula is C9H11N5O2. The molecule has 0 radical (unpaired) electrons. The van der Waals surface area contributed by atoms with Crippen molar-refractivity contribution in [3.63, 3.8) is 0 Å². The first-order valence-corrected chi connectivity index (χ1v) is 5.11. The van der Waals surface area contributed by atoms with Crippen LogP contribution in [-0.2, 0) is 4.74 Å². The molecule has 1 aliphatic heterocycles. The van der Waals surface area contributed by atoms with Crippen molar-refractivity contribution in [2.45, 2.75) is 0 Å². The summed E-state index contributed by atoms with van der Waals surface area (Å²) in [6, 6.07) is 0. The molecular weight excluding hydrogens is 210 g/mol. The van der Waals surface area contributed by atoms with Crippen molar-refractivity contribution >= 4 is 17.1 Å². The minimum atomic E-state index is -0.191. The third-order valence-electron chi connectivity index (χ3n) is 2.59. The number of hydrogen-bond acceptors (Lipinski definition) is 5. The van der Waals surface area contributed by atoms with E-state index in [0.717, 1.165) is 13.1 Å². The van der Waals surface area contributed by atoms with Gasteiger partial charge in [-0.1, -0.05) is 0 Å². The van der Waals surface area contributed by atoms with Crippen LogP contribution in [-0.4, -0.2) is 46.2 Å². The first-order valence-electron chi connectivity index (χ1n) is 5.11. The van der Waals surface area contributed by atoms with Crippen molar-refractivity contribution in [2.24, 2.45) is 0 Å². The number of nitrogens with one attached hydrogen (secondary N) is 2. The molecule has 1 fully saturated rings. The molecule has 2 aromatic rings. The minimum absolute atomic E-state index is 0.191. The summed E-state index contributed by atoms with van der Waals surface area (Å²) in [6.45, 7) is 2.78. The van der Waals surface area contributed by atoms with E-state index in [9.17, 15) is 4.79 Å². The largest absolute Gasteiger partial charge is 0.378 e. The van der Waals surface area contributed by atoms with Crippen molar-refractivity contribution in [3.05, 3.63) is 16.7 Å². The molecule has 0 spiro atoms. The molecule has 2 aromatic heterocycles. The number of fused-ring (bicyclic) bond motifs is 1. The second kappa shape index (κ2) is 3.60. The maximum Gasteiger partial charge on any atom is 0.278 e. The van der Waals surface area contributed by atoms with Crippen LogP contribution < -0.4 is 10.5 Å². The second-order valence-corrected chi connectivity index (χ2v) is 3.59. The lowest BCUT2D eigenvalue weighted by molar-refractivity contribution is 0.122. The first-order chi connectivity index (χ1) is 7.84. The topological polar surface area (TPSA) is 86.9 Å². The van der Waals surface area contributed by atoms with E-state index >= 15 is 0 Å². The summed E-state index contributed by atoms with van der Waals surface area (Å²) in [5, 5.41) is 0. The summed E-state index contributed by atoms with van der Waals surface area (Å²) in [7, 11) is 0. The average molecular weight is 221 g/mol. The Hall–Kier alpha value is -1.89. The Balaban J connectivity index is 2.06. The van der Waals surface area contributed by atoms with E-state index in [0.29, 0.717) is 30.3 Å². The van der Waals surface area contributed by atoms with Crippen molar-refractivity contribution in [1.29, 1.82) is 0 Å². The molecule has 3 rings (SSSR count). The van der Waals surface area contributed by atoms with Crippen molar-refractivity contribution in [2.75, 3.05) is 31.2 Å². The number of ether oxygens (including phenoxy) is 1. The molecule has 0 amide bonds. The summed E-state index contributed by atoms with van der Waals surface area (Å²) in [4.78, 5) is 27.4. The Morgan fingerprint density at radius 1 is 1.38 bits per heavy atom. The Morgan fingerprint density at radius 2 is 2.19 bits per heavy atom. The fourth-order valence-electron chi connectivity index (χ4n) is 1.76. The highest BCUT2D eigenvalue weighted by molar-refractivity contribution is 5.69. The number of imidazole rings is 1. The maximum atomic E-state index is 11.7. The standard InChI is InChI=1S/C9H11N5O2/c15-8-6-7(11-5-10-6)12-9(13-8)14-1-3-16-4-2-14/h5H,1-4H2,(H2,10,11,12,13,15). The quantitative estimate of drug-likeness (QED) is 0.676. The predicted octanol–water partition coefficient (Wildman–Crippen LogP) is -0.517. The molecule has 0 aromatic carbocycles. The van der Waals surface area contributed by atoms with Gasteiger partial charge < -0.3 is 14.6 Å². The fraction of sp³-hybridized carbons (Fsp3) is 0.444. The number of nitrogens with zero attached hydrogens (tertiary/aromatic N) is 3. The molecule has 0 atom stereocenters. The molecule has 2 N–H and O–H groups in total. The summed E-state index contributed by atoms with van der Waals surface area (Å²) >= 11 is 0. The molecule has 7 nitrogen and oxygen atoms in total. The smallest absolute Gasteiger partial charge is 0.278 e. The Morgan fingerprint density at radius 3 is 3.00 bits per heavy atom. The highest BCUT2D eigenvalue weighted by atomic mass is 16.5. The molecule has 84 valence electrons. The summed E-state index contributed by atoms with van der Waals surface area (Å²) < 4.78 is 5.24. The predicted molar refractivity (Wildman–Crippen MR) is 57.5 cm³/mol. The van der Waals surface area contributed by atoms with Gasteiger partial charge in [-0.3, -0.25) is 9.78 Å². The van der Waals surface area contributed by atoms with E-state index in [1.165, 1.54) is 6.33 Å². The molecule has 3 heterocycles. The molecule has 1 saturated heterocycles. The van der Waals surface area contributed by atoms with Gasteiger partial charge in [-0.15, -0.1) is 0 Å². The van der Waals surface area contributed by atoms with Crippen LogP contribution in [0.1, 0.15) is 0 Å². The molecule has 0 unspecified atom stereocenters. The number of H-pyrrole nitrogens is 2. The highest BCUT2D eigenvalue weighted by Crippen LogP contribution is 2.10. The number of aromatic nitrogens is 4. The SMILES string of the molecule is O=c1[nH]c(N2CCOCC2)nc2nc[nH]c12. The van der Waals surface area contributed by atoms with Crippen LogP contribution in [0.15, 0.2) is 11.1 Å². The number of hydrogen-bond donors (Lipinski definition) is 2. The Labute approximate surface area is 90.5 Å². The maximum absolute atomic E-state index is 11.7. The van der Waals surface area contributed by atoms with Gasteiger partial charge >= 0.3 is 0 Å². The van der Waals surface area contributed by atoms with Crippen LogP contribution >= 0.6 is 0 Å². The van der Waals surface area contributed by atoms with Crippen LogP contribution in [0.2, 0.25) is 0 Å². The van der Waals surface area contributed by atoms with Gasteiger partial charge in [-0.2, -0.15) is 4.98 Å². The highest BCUT2D eigenvalue weighted by Gasteiger charge is 2.15. The molecule has 16 heavy (non-hydrogen) atoms. The lowest BCUT2D eigenvalue weighted by Gasteiger charge is -2.26. The van der Waals surface area contributed by atoms with Crippen molar-refractivity contribution in [1.82, 2.24) is 19.9 Å². The van der Waals surface area contributed by atoms with Gasteiger partial charge in [0.25, 0.3) is 5.56 Å². The summed E-state index contributed by atoms with van der Waals surface area (Å²) in [5.74, 6) is 0.563. The van der Waals surface area contributed by atoms with Gasteiger partial charge in [-0.05, 0) is 0 Å². The van der Waals surface area contributed by atoms with Crippen molar-refractivity contribution in [3.8, 4) is 0 Å². The van der Waals surface area contributed by atoms with E-state index < -0.39 is 0 Å². The number of aromatic amines is 2. The third-order valence-corrected chi connectivity index (χ3v) is 2.59. The number of anilines is 1. The lowest BCUT2D eigenvalue weighted by atomic mass is 10.4. The summed E-state index contributed by atoms with van der Waals surface area (Å²) in [6.07, 6.45) is 1.47. The van der Waals surface area contributed by atoms with Gasteiger partial charge in [0, 0.05) is 13.1 Å². The van der Waals surface area contributed by atoms with Crippen LogP contribution in [0, 0.1) is 0 Å². The second-order valence-electron chi connectivity index (χ2n) is 3.59. The lowest BCUT2D eigenvalue weighted by Crippen LogP contribution is -2.38. The minimum Gasteiger partial charge on any atom is -0.378 e. The zero-order valence-electron chi connectivity index (χ0n) is 8.56. The fourth-order valence-corrected chi connectivity index (χ4v) is 1.76. The van der Waals surface area contributed by atoms with E-state index in [-0.39, 0.29) is 5.56 Å². The molecule has 7 heteroatoms. The Bertz CT molecular complexity index is 554. The third kappa shape index (κ3) is 1.45. The van der Waals surface area contributed by atoms with E-state index in [4.69, 9.17) is 4.74 Å². The monoisotopic (exact) mass is 221 g/mol. The van der Waals surface area contributed by atoms with E-state index in [2.05, 4.69) is 19.9 Å². The first kappa shape index (κ1) is 9.34. The van der Waals surface area contributed by atoms with Gasteiger partial charge in [-0.25, -0.2) is 4.98 Å². The average Bonchev–Trinajstić information content (AvgIpc) is 2.79. The van der Waals surface area contributed by atoms with Gasteiger partial charge in [0.05, 0.1) is 19.5 Å². The molecule has 0 saturated carbocycles. The van der Waals surface area contributed by atoms with Crippen LogP contribution in [0.25, 0.3) is 11.2 Å². The van der Waals surface area contributed by atoms with Crippen LogP contribution in [0.3, 0.4) is 0 Å². The van der Waals surface area contributed by atoms with Crippen molar-refractivity contribution < 1.29 is 4.74 Å². The summed E-state index contributed by atoms with van der Waals surface area (Å²) in [5.41, 5.74) is 0.672. The van der Waals surface area contributed by atoms with E-state index in [1.54, 1.807) is 0 Å². The molecule has 0 aliphatic carbocycles. The zero-order valence-corrected chi connectivity index (χ0v) is 8.56. The Kier molecular flexibility index (Phi) is 2.10. The normalized spacial score (nSPS) is 16.9. The van der Waals surface area contributed by atoms with Gasteiger partial charge in [0.2, 0.25) is 5.95 Å². The number of morpholine rings is 1. The van der Waals surface area contributed by atoms with E-state index in [1.807, 2.05) is 4.90 Å². The molecule has 0 bridgehead atoms. The van der Waals surface area contributed by atoms with Crippen LogP contribution in [0.5, 0.6) is 0 Å². The van der Waals surface area contributed by atoms with Gasteiger partial charge in [0.1, 0.15) is 0 Å². The molecule has 1 aliphatic rings.